The van der Waals surface area contributed by atoms with Crippen LogP contribution in [0.2, 0.25) is 0 Å². The Labute approximate surface area is 197 Å². The first kappa shape index (κ1) is 28.4. The van der Waals surface area contributed by atoms with Crippen molar-refractivity contribution in [3.05, 3.63) is 12.4 Å². The highest BCUT2D eigenvalue weighted by Crippen LogP contribution is 2.23. The monoisotopic (exact) mass is 434 g/mol. The largest absolute Gasteiger partial charge is 0.356 e. The zero-order chi connectivity index (χ0) is 22.4. The summed E-state index contributed by atoms with van der Waals surface area (Å²) in [5, 5.41) is 0. The lowest BCUT2D eigenvalue weighted by molar-refractivity contribution is 0.137. The Morgan fingerprint density at radius 1 is 0.419 bits per heavy atom. The number of hydrogen-bond acceptors (Lipinski definition) is 2. The highest BCUT2D eigenvalue weighted by Gasteiger charge is 2.24. The first-order valence-electron chi connectivity index (χ1n) is 14.5. The van der Waals surface area contributed by atoms with Crippen LogP contribution in [-0.2, 0) is 0 Å². The van der Waals surface area contributed by atoms with E-state index in [4.69, 9.17) is 0 Å². The molecule has 1 aliphatic heterocycles. The van der Waals surface area contributed by atoms with Gasteiger partial charge in [-0.1, -0.05) is 130 Å². The molecule has 1 unspecified atom stereocenters. The molecule has 0 aromatic heterocycles. The highest BCUT2D eigenvalue weighted by molar-refractivity contribution is 4.96. The van der Waals surface area contributed by atoms with Gasteiger partial charge in [0.05, 0.1) is 0 Å². The maximum atomic E-state index is 2.65. The minimum atomic E-state index is 0.642. The Balaban J connectivity index is 2.01. The van der Waals surface area contributed by atoms with Crippen LogP contribution in [-0.4, -0.2) is 29.1 Å². The number of unbranched alkanes of at least 4 members (excludes halogenated alkanes) is 17. The quantitative estimate of drug-likeness (QED) is 0.148. The molecule has 184 valence electrons. The maximum Gasteiger partial charge on any atom is 0.101 e. The van der Waals surface area contributed by atoms with E-state index in [1.54, 1.807) is 0 Å². The molecule has 1 rings (SSSR count). The first-order chi connectivity index (χ1) is 15.3. The molecule has 0 amide bonds. The van der Waals surface area contributed by atoms with Gasteiger partial charge in [-0.3, -0.25) is 0 Å². The van der Waals surface area contributed by atoms with Gasteiger partial charge in [0.1, 0.15) is 6.17 Å². The Kier molecular flexibility index (Phi) is 19.4. The lowest BCUT2D eigenvalue weighted by Crippen LogP contribution is -2.39. The lowest BCUT2D eigenvalue weighted by Gasteiger charge is -2.33. The molecule has 0 bridgehead atoms. The van der Waals surface area contributed by atoms with Crippen molar-refractivity contribution in [3.8, 4) is 0 Å². The van der Waals surface area contributed by atoms with Crippen LogP contribution in [0.3, 0.4) is 0 Å². The van der Waals surface area contributed by atoms with Crippen LogP contribution < -0.4 is 0 Å². The van der Waals surface area contributed by atoms with Gasteiger partial charge in [-0.05, 0) is 25.7 Å². The fraction of sp³-hybridized carbons (Fsp3) is 0.931. The van der Waals surface area contributed by atoms with E-state index >= 15 is 0 Å². The van der Waals surface area contributed by atoms with Crippen molar-refractivity contribution in [3.63, 3.8) is 0 Å². The molecule has 0 aromatic carbocycles. The van der Waals surface area contributed by atoms with E-state index in [1.165, 1.54) is 148 Å². The standard InChI is InChI=1S/C29H58N2/c1-4-7-9-11-12-13-14-15-16-17-18-19-21-23-26-31-28-27-30(25-6-3)29(31)24-22-20-10-8-5-2/h27-29H,4-26H2,1-3H3. The Hall–Kier alpha value is -0.660. The molecule has 0 aliphatic carbocycles. The fourth-order valence-corrected chi connectivity index (χ4v) is 5.02. The second-order valence-corrected chi connectivity index (χ2v) is 10.1. The number of nitrogens with zero attached hydrogens (tertiary/aromatic N) is 2. The maximum absolute atomic E-state index is 2.65. The van der Waals surface area contributed by atoms with Crippen molar-refractivity contribution in [2.75, 3.05) is 13.1 Å². The average Bonchev–Trinajstić information content (AvgIpc) is 3.15. The zero-order valence-electron chi connectivity index (χ0n) is 21.9. The van der Waals surface area contributed by atoms with Gasteiger partial charge in [0, 0.05) is 25.5 Å². The van der Waals surface area contributed by atoms with Gasteiger partial charge < -0.3 is 9.80 Å². The number of hydrogen-bond donors (Lipinski definition) is 0. The summed E-state index contributed by atoms with van der Waals surface area (Å²) in [4.78, 5) is 5.25. The van der Waals surface area contributed by atoms with Crippen molar-refractivity contribution in [2.45, 2.75) is 162 Å². The first-order valence-corrected chi connectivity index (χ1v) is 14.5. The van der Waals surface area contributed by atoms with Gasteiger partial charge in [0.2, 0.25) is 0 Å². The molecular weight excluding hydrogens is 376 g/mol. The van der Waals surface area contributed by atoms with Gasteiger partial charge in [-0.2, -0.15) is 0 Å². The van der Waals surface area contributed by atoms with E-state index in [0.717, 1.165) is 0 Å². The second-order valence-electron chi connectivity index (χ2n) is 10.1. The zero-order valence-corrected chi connectivity index (χ0v) is 21.9. The van der Waals surface area contributed by atoms with Crippen molar-refractivity contribution >= 4 is 0 Å². The third kappa shape index (κ3) is 14.9. The molecule has 0 saturated carbocycles. The van der Waals surface area contributed by atoms with Crippen LogP contribution in [0.15, 0.2) is 12.4 Å². The molecular formula is C29H58N2. The van der Waals surface area contributed by atoms with Crippen molar-refractivity contribution < 1.29 is 0 Å². The highest BCUT2D eigenvalue weighted by atomic mass is 15.4. The Morgan fingerprint density at radius 2 is 0.806 bits per heavy atom. The fourth-order valence-electron chi connectivity index (χ4n) is 5.02. The number of rotatable bonds is 23. The molecule has 0 aromatic rings. The molecule has 1 aliphatic rings. The third-order valence-corrected chi connectivity index (χ3v) is 7.03. The predicted octanol–water partition coefficient (Wildman–Crippen LogP) is 9.65. The van der Waals surface area contributed by atoms with E-state index in [9.17, 15) is 0 Å². The molecule has 2 heteroatoms. The summed E-state index contributed by atoms with van der Waals surface area (Å²) < 4.78 is 0. The van der Waals surface area contributed by atoms with Crippen LogP contribution in [0.4, 0.5) is 0 Å². The van der Waals surface area contributed by atoms with Crippen LogP contribution in [0.25, 0.3) is 0 Å². The van der Waals surface area contributed by atoms with E-state index in [1.807, 2.05) is 0 Å². The summed E-state index contributed by atoms with van der Waals surface area (Å²) in [5.74, 6) is 0. The van der Waals surface area contributed by atoms with Crippen LogP contribution in [0, 0.1) is 0 Å². The van der Waals surface area contributed by atoms with Crippen molar-refractivity contribution in [1.82, 2.24) is 9.80 Å². The molecule has 0 fully saturated rings. The third-order valence-electron chi connectivity index (χ3n) is 7.03. The lowest BCUT2D eigenvalue weighted by atomic mass is 10.0. The van der Waals surface area contributed by atoms with E-state index in [0.29, 0.717) is 6.17 Å². The second kappa shape index (κ2) is 21.2. The molecule has 0 N–H and O–H groups in total. The Morgan fingerprint density at radius 3 is 1.26 bits per heavy atom. The van der Waals surface area contributed by atoms with Gasteiger partial charge in [0.25, 0.3) is 0 Å². The Bertz CT molecular complexity index is 392. The van der Waals surface area contributed by atoms with Crippen LogP contribution in [0.5, 0.6) is 0 Å². The van der Waals surface area contributed by atoms with Gasteiger partial charge in [-0.25, -0.2) is 0 Å². The normalized spacial score (nSPS) is 16.0. The molecule has 0 radical (unpaired) electrons. The minimum Gasteiger partial charge on any atom is -0.356 e. The summed E-state index contributed by atoms with van der Waals surface area (Å²) in [7, 11) is 0. The molecule has 0 saturated heterocycles. The summed E-state index contributed by atoms with van der Waals surface area (Å²) in [6, 6.07) is 0. The summed E-state index contributed by atoms with van der Waals surface area (Å²) in [6.07, 6.45) is 35.2. The smallest absolute Gasteiger partial charge is 0.101 e. The molecule has 1 heterocycles. The van der Waals surface area contributed by atoms with E-state index < -0.39 is 0 Å². The minimum absolute atomic E-state index is 0.642. The summed E-state index contributed by atoms with van der Waals surface area (Å²) in [5.41, 5.74) is 0. The topological polar surface area (TPSA) is 6.48 Å². The molecule has 0 spiro atoms. The molecule has 2 nitrogen and oxygen atoms in total. The van der Waals surface area contributed by atoms with Crippen LogP contribution in [0.1, 0.15) is 156 Å². The molecule has 1 atom stereocenters. The van der Waals surface area contributed by atoms with Gasteiger partial charge >= 0.3 is 0 Å². The van der Waals surface area contributed by atoms with Crippen molar-refractivity contribution in [1.29, 1.82) is 0 Å². The predicted molar refractivity (Wildman–Crippen MR) is 140 cm³/mol. The van der Waals surface area contributed by atoms with Crippen LogP contribution >= 0.6 is 0 Å². The molecule has 31 heavy (non-hydrogen) atoms. The summed E-state index contributed by atoms with van der Waals surface area (Å²) >= 11 is 0. The summed E-state index contributed by atoms with van der Waals surface area (Å²) in [6.45, 7) is 9.39. The van der Waals surface area contributed by atoms with Gasteiger partial charge in [-0.15, -0.1) is 0 Å². The van der Waals surface area contributed by atoms with Gasteiger partial charge in [0.15, 0.2) is 0 Å². The van der Waals surface area contributed by atoms with Crippen molar-refractivity contribution in [2.24, 2.45) is 0 Å². The van der Waals surface area contributed by atoms with E-state index in [2.05, 4.69) is 43.0 Å². The van der Waals surface area contributed by atoms with E-state index in [-0.39, 0.29) is 0 Å². The average molecular weight is 435 g/mol. The SMILES string of the molecule is CCCCCCCCCCCCCCCCN1C=CN(CCC)C1CCCCCCC.